The molecule has 4 heteroatoms. The van der Waals surface area contributed by atoms with Crippen LogP contribution >= 0.6 is 0 Å². The first kappa shape index (κ1) is 19.5. The Morgan fingerprint density at radius 1 is 0.967 bits per heavy atom. The van der Waals surface area contributed by atoms with Crippen molar-refractivity contribution < 1.29 is 0 Å². The largest absolute Gasteiger partial charge is 0.296 e. The van der Waals surface area contributed by atoms with Crippen molar-refractivity contribution in [3.8, 4) is 16.9 Å². The number of benzene rings is 3. The maximum absolute atomic E-state index is 4.36. The van der Waals surface area contributed by atoms with Gasteiger partial charge in [0.15, 0.2) is 0 Å². The summed E-state index contributed by atoms with van der Waals surface area (Å²) in [4.78, 5) is 4.09. The highest BCUT2D eigenvalue weighted by Gasteiger charge is 2.08. The van der Waals surface area contributed by atoms with Crippen LogP contribution in [0.4, 0.5) is 0 Å². The average Bonchev–Trinajstić information content (AvgIpc) is 3.29. The van der Waals surface area contributed by atoms with Crippen molar-refractivity contribution in [1.82, 2.24) is 15.0 Å². The predicted molar refractivity (Wildman–Crippen MR) is 124 cm³/mol. The van der Waals surface area contributed by atoms with Crippen LogP contribution in [0.2, 0.25) is 0 Å². The van der Waals surface area contributed by atoms with E-state index in [1.54, 1.807) is 7.05 Å². The van der Waals surface area contributed by atoms with Crippen molar-refractivity contribution >= 4 is 17.9 Å². The summed E-state index contributed by atoms with van der Waals surface area (Å²) in [6, 6.07) is 24.9. The molecule has 4 rings (SSSR count). The first-order valence-corrected chi connectivity index (χ1v) is 9.95. The van der Waals surface area contributed by atoms with Crippen LogP contribution in [0, 0.1) is 6.92 Å². The summed E-state index contributed by atoms with van der Waals surface area (Å²) in [7, 11) is 1.78. The number of hydrogen-bond donors (Lipinski definition) is 0. The second-order valence-electron chi connectivity index (χ2n) is 7.20. The summed E-state index contributed by atoms with van der Waals surface area (Å²) in [5, 5.41) is 11.1. The third-order valence-electron chi connectivity index (χ3n) is 5.22. The van der Waals surface area contributed by atoms with Crippen molar-refractivity contribution in [2.75, 3.05) is 7.05 Å². The van der Waals surface area contributed by atoms with Crippen LogP contribution in [0.15, 0.2) is 84.0 Å². The van der Waals surface area contributed by atoms with Gasteiger partial charge in [-0.15, -0.1) is 5.10 Å². The molecule has 1 aromatic heterocycles. The number of aliphatic imine (C=N–C) groups is 1. The summed E-state index contributed by atoms with van der Waals surface area (Å²) in [6.45, 7) is 4.30. The van der Waals surface area contributed by atoms with Gasteiger partial charge in [-0.1, -0.05) is 65.9 Å². The van der Waals surface area contributed by atoms with E-state index in [2.05, 4.69) is 71.6 Å². The zero-order valence-electron chi connectivity index (χ0n) is 17.4. The standard InChI is InChI=1S/C26H24N4/c1-19-13-14-23(30-18-26(28-29-30)22-10-5-4-6-11-22)17-25(19)20(2)24-12-8-7-9-21(24)15-16-27-3/h4-18H,1-3H3/b21-15-,24-20+,27-16?. The number of aromatic nitrogens is 3. The minimum Gasteiger partial charge on any atom is -0.296 e. The maximum atomic E-state index is 4.36. The lowest BCUT2D eigenvalue weighted by Crippen LogP contribution is -2.26. The molecule has 0 saturated carbocycles. The number of rotatable bonds is 4. The molecule has 1 heterocycles. The second kappa shape index (κ2) is 8.70. The smallest absolute Gasteiger partial charge is 0.113 e. The maximum Gasteiger partial charge on any atom is 0.113 e. The fourth-order valence-electron chi connectivity index (χ4n) is 3.57. The summed E-state index contributed by atoms with van der Waals surface area (Å²) >= 11 is 0. The highest BCUT2D eigenvalue weighted by Crippen LogP contribution is 2.22. The van der Waals surface area contributed by atoms with Gasteiger partial charge in [0.1, 0.15) is 5.69 Å². The summed E-state index contributed by atoms with van der Waals surface area (Å²) in [5.41, 5.74) is 6.53. The normalized spacial score (nSPS) is 13.1. The molecule has 0 aliphatic rings. The third kappa shape index (κ3) is 3.98. The molecule has 0 fully saturated rings. The zero-order chi connectivity index (χ0) is 20.9. The highest BCUT2D eigenvalue weighted by atomic mass is 15.4. The number of nitrogens with zero attached hydrogens (tertiary/aromatic N) is 4. The lowest BCUT2D eigenvalue weighted by Gasteiger charge is -2.10. The molecule has 148 valence electrons. The van der Waals surface area contributed by atoms with E-state index < -0.39 is 0 Å². The molecule has 0 aliphatic heterocycles. The molecular weight excluding hydrogens is 368 g/mol. The van der Waals surface area contributed by atoms with Gasteiger partial charge in [-0.05, 0) is 59.2 Å². The molecule has 0 N–H and O–H groups in total. The summed E-state index contributed by atoms with van der Waals surface area (Å²) < 4.78 is 1.83. The van der Waals surface area contributed by atoms with Gasteiger partial charge >= 0.3 is 0 Å². The topological polar surface area (TPSA) is 43.1 Å². The SMILES string of the molecule is CN=C/C=c1/cccc/c1=C(/C)c1cc(-n2cc(-c3ccccc3)nn2)ccc1C. The van der Waals surface area contributed by atoms with E-state index in [1.807, 2.05) is 53.5 Å². The van der Waals surface area contributed by atoms with Crippen LogP contribution in [0.3, 0.4) is 0 Å². The van der Waals surface area contributed by atoms with E-state index in [4.69, 9.17) is 0 Å². The molecule has 0 atom stereocenters. The molecule has 0 aliphatic carbocycles. The molecule has 0 saturated heterocycles. The lowest BCUT2D eigenvalue weighted by molar-refractivity contribution is 0.803. The van der Waals surface area contributed by atoms with Crippen LogP contribution in [0.5, 0.6) is 0 Å². The van der Waals surface area contributed by atoms with Crippen molar-refractivity contribution in [1.29, 1.82) is 0 Å². The Balaban J connectivity index is 1.82. The van der Waals surface area contributed by atoms with E-state index in [1.165, 1.54) is 21.9 Å². The van der Waals surface area contributed by atoms with Gasteiger partial charge in [-0.2, -0.15) is 0 Å². The Morgan fingerprint density at radius 2 is 1.73 bits per heavy atom. The van der Waals surface area contributed by atoms with E-state index in [-0.39, 0.29) is 0 Å². The van der Waals surface area contributed by atoms with Crippen LogP contribution in [0.1, 0.15) is 18.1 Å². The van der Waals surface area contributed by atoms with Gasteiger partial charge in [0.2, 0.25) is 0 Å². The van der Waals surface area contributed by atoms with Crippen molar-refractivity contribution in [3.63, 3.8) is 0 Å². The molecule has 0 amide bonds. The van der Waals surface area contributed by atoms with Crippen LogP contribution in [-0.2, 0) is 0 Å². The van der Waals surface area contributed by atoms with Crippen LogP contribution in [-0.4, -0.2) is 28.3 Å². The fourth-order valence-corrected chi connectivity index (χ4v) is 3.57. The Labute approximate surface area is 176 Å². The Kier molecular flexibility index (Phi) is 5.66. The molecular formula is C26H24N4. The Hall–Kier alpha value is -3.79. The first-order chi connectivity index (χ1) is 14.7. The van der Waals surface area contributed by atoms with E-state index in [0.717, 1.165) is 22.2 Å². The number of hydrogen-bond acceptors (Lipinski definition) is 3. The predicted octanol–water partition coefficient (Wildman–Crippen LogP) is 3.94. The second-order valence-corrected chi connectivity index (χ2v) is 7.20. The van der Waals surface area contributed by atoms with Gasteiger partial charge in [0.25, 0.3) is 0 Å². The molecule has 0 radical (unpaired) electrons. The molecule has 3 aromatic carbocycles. The van der Waals surface area contributed by atoms with Gasteiger partial charge in [-0.25, -0.2) is 4.68 Å². The molecule has 0 unspecified atom stereocenters. The average molecular weight is 393 g/mol. The van der Waals surface area contributed by atoms with Gasteiger partial charge in [0.05, 0.1) is 11.9 Å². The third-order valence-corrected chi connectivity index (χ3v) is 5.22. The van der Waals surface area contributed by atoms with Gasteiger partial charge in [0, 0.05) is 18.8 Å². The molecule has 0 spiro atoms. The Morgan fingerprint density at radius 3 is 2.53 bits per heavy atom. The minimum atomic E-state index is 0.859. The van der Waals surface area contributed by atoms with E-state index in [0.29, 0.717) is 0 Å². The zero-order valence-corrected chi connectivity index (χ0v) is 17.4. The fraction of sp³-hybridized carbons (Fsp3) is 0.115. The summed E-state index contributed by atoms with van der Waals surface area (Å²) in [6.07, 6.45) is 5.84. The van der Waals surface area contributed by atoms with Crippen molar-refractivity contribution in [3.05, 3.63) is 101 Å². The Bertz CT molecular complexity index is 1310. The first-order valence-electron chi connectivity index (χ1n) is 9.95. The van der Waals surface area contributed by atoms with Gasteiger partial charge in [-0.3, -0.25) is 4.99 Å². The van der Waals surface area contributed by atoms with Crippen LogP contribution in [0.25, 0.3) is 28.6 Å². The monoisotopic (exact) mass is 392 g/mol. The van der Waals surface area contributed by atoms with E-state index in [9.17, 15) is 0 Å². The lowest BCUT2D eigenvalue weighted by atomic mass is 9.98. The minimum absolute atomic E-state index is 0.859. The quantitative estimate of drug-likeness (QED) is 0.494. The van der Waals surface area contributed by atoms with Gasteiger partial charge < -0.3 is 0 Å². The van der Waals surface area contributed by atoms with Crippen molar-refractivity contribution in [2.45, 2.75) is 13.8 Å². The van der Waals surface area contributed by atoms with Crippen molar-refractivity contribution in [2.24, 2.45) is 4.99 Å². The molecule has 0 bridgehead atoms. The molecule has 30 heavy (non-hydrogen) atoms. The molecule has 4 nitrogen and oxygen atoms in total. The van der Waals surface area contributed by atoms with Crippen LogP contribution < -0.4 is 10.4 Å². The summed E-state index contributed by atoms with van der Waals surface area (Å²) in [5.74, 6) is 0. The number of aryl methyl sites for hydroxylation is 1. The molecule has 4 aromatic rings. The van der Waals surface area contributed by atoms with E-state index >= 15 is 0 Å². The highest BCUT2D eigenvalue weighted by molar-refractivity contribution is 5.91.